The van der Waals surface area contributed by atoms with E-state index in [0.717, 1.165) is 26.1 Å². The Morgan fingerprint density at radius 2 is 2.12 bits per heavy atom. The minimum atomic E-state index is 0.597. The molecule has 2 nitrogen and oxygen atoms in total. The predicted octanol–water partition coefficient (Wildman–Crippen LogP) is 2.13. The third-order valence-electron chi connectivity index (χ3n) is 3.11. The van der Waals surface area contributed by atoms with Crippen LogP contribution >= 0.6 is 11.8 Å². The van der Waals surface area contributed by atoms with Crippen LogP contribution in [0.15, 0.2) is 24.3 Å². The summed E-state index contributed by atoms with van der Waals surface area (Å²) in [6, 6.07) is 8.94. The fourth-order valence-electron chi connectivity index (χ4n) is 2.04. The van der Waals surface area contributed by atoms with Gasteiger partial charge in [-0.3, -0.25) is 0 Å². The van der Waals surface area contributed by atoms with Crippen molar-refractivity contribution in [1.29, 1.82) is 0 Å². The Labute approximate surface area is 102 Å². The first-order valence-corrected chi connectivity index (χ1v) is 7.04. The number of anilines is 1. The lowest BCUT2D eigenvalue weighted by atomic mass is 10.1. The van der Waals surface area contributed by atoms with E-state index in [0.29, 0.717) is 5.25 Å². The third kappa shape index (κ3) is 2.71. The molecule has 2 N–H and O–H groups in total. The molecule has 1 heterocycles. The van der Waals surface area contributed by atoms with Crippen molar-refractivity contribution in [3.63, 3.8) is 0 Å². The molecule has 1 unspecified atom stereocenters. The van der Waals surface area contributed by atoms with Crippen LogP contribution in [0, 0.1) is 0 Å². The molecule has 1 aliphatic heterocycles. The lowest BCUT2D eigenvalue weighted by Gasteiger charge is -2.33. The van der Waals surface area contributed by atoms with Gasteiger partial charge in [-0.15, -0.1) is 0 Å². The van der Waals surface area contributed by atoms with Gasteiger partial charge in [0.05, 0.1) is 0 Å². The van der Waals surface area contributed by atoms with Crippen LogP contribution in [0.25, 0.3) is 0 Å². The molecule has 1 aromatic carbocycles. The monoisotopic (exact) mass is 236 g/mol. The summed E-state index contributed by atoms with van der Waals surface area (Å²) < 4.78 is 0. The zero-order chi connectivity index (χ0) is 11.4. The molecule has 0 spiro atoms. The Bertz CT molecular complexity index is 323. The minimum Gasteiger partial charge on any atom is -0.370 e. The molecule has 0 bridgehead atoms. The summed E-state index contributed by atoms with van der Waals surface area (Å²) in [4.78, 5) is 2.45. The molecule has 0 radical (unpaired) electrons. The highest BCUT2D eigenvalue weighted by Crippen LogP contribution is 2.23. The number of aryl methyl sites for hydroxylation is 1. The van der Waals surface area contributed by atoms with Gasteiger partial charge in [0.25, 0.3) is 0 Å². The van der Waals surface area contributed by atoms with Crippen molar-refractivity contribution < 1.29 is 0 Å². The van der Waals surface area contributed by atoms with E-state index in [2.05, 4.69) is 36.1 Å². The second kappa shape index (κ2) is 5.60. The number of thioether (sulfide) groups is 1. The van der Waals surface area contributed by atoms with Gasteiger partial charge in [-0.2, -0.15) is 11.8 Å². The van der Waals surface area contributed by atoms with E-state index in [9.17, 15) is 0 Å². The van der Waals surface area contributed by atoms with Crippen molar-refractivity contribution >= 4 is 17.4 Å². The first-order chi connectivity index (χ1) is 7.83. The predicted molar refractivity (Wildman–Crippen MR) is 73.3 cm³/mol. The summed E-state index contributed by atoms with van der Waals surface area (Å²) in [7, 11) is 0. The number of nitrogens with two attached hydrogens (primary N) is 1. The van der Waals surface area contributed by atoms with Crippen molar-refractivity contribution in [2.75, 3.05) is 30.3 Å². The summed E-state index contributed by atoms with van der Waals surface area (Å²) in [6.07, 6.45) is 1.11. The Hall–Kier alpha value is -0.670. The summed E-state index contributed by atoms with van der Waals surface area (Å²) in [5, 5.41) is 0.597. The standard InChI is InChI=1S/C13H20N2S/c1-2-11-3-5-12(6-4-11)15-7-8-16-13(9-14)10-15/h3-6,13H,2,7-10,14H2,1H3. The van der Waals surface area contributed by atoms with Crippen molar-refractivity contribution in [2.24, 2.45) is 5.73 Å². The lowest BCUT2D eigenvalue weighted by molar-refractivity contribution is 0.748. The second-order valence-electron chi connectivity index (χ2n) is 4.19. The number of benzene rings is 1. The van der Waals surface area contributed by atoms with E-state index in [1.807, 2.05) is 11.8 Å². The topological polar surface area (TPSA) is 29.3 Å². The highest BCUT2D eigenvalue weighted by molar-refractivity contribution is 8.00. The van der Waals surface area contributed by atoms with Crippen LogP contribution in [0.4, 0.5) is 5.69 Å². The average molecular weight is 236 g/mol. The molecule has 0 saturated carbocycles. The van der Waals surface area contributed by atoms with E-state index in [1.54, 1.807) is 0 Å². The summed E-state index contributed by atoms with van der Waals surface area (Å²) in [5.74, 6) is 1.19. The van der Waals surface area contributed by atoms with Crippen LogP contribution in [0.1, 0.15) is 12.5 Å². The maximum absolute atomic E-state index is 5.74. The highest BCUT2D eigenvalue weighted by atomic mass is 32.2. The first-order valence-electron chi connectivity index (χ1n) is 5.99. The molecule has 1 aromatic rings. The Morgan fingerprint density at radius 1 is 1.38 bits per heavy atom. The van der Waals surface area contributed by atoms with Gasteiger partial charge in [-0.25, -0.2) is 0 Å². The molecule has 3 heteroatoms. The fraction of sp³-hybridized carbons (Fsp3) is 0.538. The van der Waals surface area contributed by atoms with E-state index in [-0.39, 0.29) is 0 Å². The van der Waals surface area contributed by atoms with E-state index < -0.39 is 0 Å². The zero-order valence-electron chi connectivity index (χ0n) is 9.86. The molecular weight excluding hydrogens is 216 g/mol. The molecule has 1 aliphatic rings. The molecule has 1 atom stereocenters. The maximum atomic E-state index is 5.74. The van der Waals surface area contributed by atoms with Crippen molar-refractivity contribution in [1.82, 2.24) is 0 Å². The molecule has 0 aromatic heterocycles. The molecule has 16 heavy (non-hydrogen) atoms. The smallest absolute Gasteiger partial charge is 0.0367 e. The van der Waals surface area contributed by atoms with Crippen molar-refractivity contribution in [3.8, 4) is 0 Å². The van der Waals surface area contributed by atoms with Gasteiger partial charge in [0, 0.05) is 36.3 Å². The Balaban J connectivity index is 2.05. The molecule has 0 amide bonds. The van der Waals surface area contributed by atoms with Gasteiger partial charge in [-0.05, 0) is 24.1 Å². The molecule has 88 valence electrons. The van der Waals surface area contributed by atoms with E-state index >= 15 is 0 Å². The summed E-state index contributed by atoms with van der Waals surface area (Å²) in [6.45, 7) is 5.21. The quantitative estimate of drug-likeness (QED) is 0.872. The van der Waals surface area contributed by atoms with Crippen molar-refractivity contribution in [2.45, 2.75) is 18.6 Å². The molecule has 1 fully saturated rings. The van der Waals surface area contributed by atoms with E-state index in [1.165, 1.54) is 17.0 Å². The fourth-order valence-corrected chi connectivity index (χ4v) is 3.12. The van der Waals surface area contributed by atoms with Crippen LogP contribution < -0.4 is 10.6 Å². The van der Waals surface area contributed by atoms with Crippen molar-refractivity contribution in [3.05, 3.63) is 29.8 Å². The van der Waals surface area contributed by atoms with Crippen LogP contribution in [0.5, 0.6) is 0 Å². The third-order valence-corrected chi connectivity index (χ3v) is 4.34. The number of rotatable bonds is 3. The largest absolute Gasteiger partial charge is 0.370 e. The maximum Gasteiger partial charge on any atom is 0.0367 e. The normalized spacial score (nSPS) is 21.1. The molecule has 1 saturated heterocycles. The lowest BCUT2D eigenvalue weighted by Crippen LogP contribution is -2.40. The van der Waals surface area contributed by atoms with Gasteiger partial charge in [0.15, 0.2) is 0 Å². The number of hydrogen-bond acceptors (Lipinski definition) is 3. The molecule has 2 rings (SSSR count). The van der Waals surface area contributed by atoms with Gasteiger partial charge in [0.2, 0.25) is 0 Å². The van der Waals surface area contributed by atoms with Gasteiger partial charge in [-0.1, -0.05) is 19.1 Å². The number of nitrogens with zero attached hydrogens (tertiary/aromatic N) is 1. The average Bonchev–Trinajstić information content (AvgIpc) is 2.39. The Kier molecular flexibility index (Phi) is 4.13. The van der Waals surface area contributed by atoms with Gasteiger partial charge in [0.1, 0.15) is 0 Å². The Morgan fingerprint density at radius 3 is 2.75 bits per heavy atom. The van der Waals surface area contributed by atoms with Crippen LogP contribution in [0.2, 0.25) is 0 Å². The van der Waals surface area contributed by atoms with Gasteiger partial charge < -0.3 is 10.6 Å². The molecule has 0 aliphatic carbocycles. The van der Waals surface area contributed by atoms with E-state index in [4.69, 9.17) is 5.73 Å². The SMILES string of the molecule is CCc1ccc(N2CCSC(CN)C2)cc1. The minimum absolute atomic E-state index is 0.597. The van der Waals surface area contributed by atoms with Crippen LogP contribution in [-0.4, -0.2) is 30.6 Å². The number of hydrogen-bond donors (Lipinski definition) is 1. The summed E-state index contributed by atoms with van der Waals surface area (Å²) >= 11 is 2.00. The highest BCUT2D eigenvalue weighted by Gasteiger charge is 2.19. The summed E-state index contributed by atoms with van der Waals surface area (Å²) in [5.41, 5.74) is 8.49. The molecular formula is C13H20N2S. The second-order valence-corrected chi connectivity index (χ2v) is 5.60. The van der Waals surface area contributed by atoms with Crippen LogP contribution in [0.3, 0.4) is 0 Å². The zero-order valence-corrected chi connectivity index (χ0v) is 10.7. The van der Waals surface area contributed by atoms with Crippen LogP contribution in [-0.2, 0) is 6.42 Å². The first kappa shape index (κ1) is 11.8. The van der Waals surface area contributed by atoms with Gasteiger partial charge >= 0.3 is 0 Å².